The summed E-state index contributed by atoms with van der Waals surface area (Å²) in [6, 6.07) is 7.04. The number of rotatable bonds is 12. The van der Waals surface area contributed by atoms with Crippen LogP contribution in [0, 0.1) is 0 Å². The lowest BCUT2D eigenvalue weighted by molar-refractivity contribution is -0.116. The number of methoxy groups -OCH3 is 1. The molecule has 0 fully saturated rings. The molecule has 11 nitrogen and oxygen atoms in total. The molecule has 1 aromatic carbocycles. The first-order valence-electron chi connectivity index (χ1n) is 12.0. The summed E-state index contributed by atoms with van der Waals surface area (Å²) in [5, 5.41) is 20.4. The fraction of sp³-hybridized carbons (Fsp3) is 0.320. The van der Waals surface area contributed by atoms with E-state index in [2.05, 4.69) is 43.2 Å². The van der Waals surface area contributed by atoms with Crippen LogP contribution in [-0.2, 0) is 4.79 Å². The van der Waals surface area contributed by atoms with E-state index in [0.717, 1.165) is 29.0 Å². The number of carbonyl (C=O) groups is 2. The van der Waals surface area contributed by atoms with Gasteiger partial charge in [0.15, 0.2) is 0 Å². The molecule has 4 aromatic rings. The van der Waals surface area contributed by atoms with E-state index in [1.54, 1.807) is 30.6 Å². The Labute approximate surface area is 218 Å². The lowest BCUT2D eigenvalue weighted by Gasteiger charge is -2.10. The number of hydrogen-bond donors (Lipinski definition) is 3. The van der Waals surface area contributed by atoms with Crippen molar-refractivity contribution in [1.29, 1.82) is 0 Å². The molecule has 37 heavy (non-hydrogen) atoms. The number of thiophene rings is 1. The Morgan fingerprint density at radius 2 is 1.89 bits per heavy atom. The maximum atomic E-state index is 12.6. The van der Waals surface area contributed by atoms with Crippen molar-refractivity contribution < 1.29 is 14.3 Å². The normalized spacial score (nSPS) is 10.8. The van der Waals surface area contributed by atoms with E-state index >= 15 is 0 Å². The average molecular weight is 521 g/mol. The van der Waals surface area contributed by atoms with E-state index in [0.29, 0.717) is 29.1 Å². The van der Waals surface area contributed by atoms with Crippen LogP contribution in [0.1, 0.15) is 55.8 Å². The number of H-pyrrole nitrogens is 1. The molecule has 0 aliphatic rings. The van der Waals surface area contributed by atoms with E-state index in [9.17, 15) is 9.59 Å². The van der Waals surface area contributed by atoms with Gasteiger partial charge in [-0.15, -0.1) is 11.3 Å². The first kappa shape index (κ1) is 25.9. The summed E-state index contributed by atoms with van der Waals surface area (Å²) in [5.74, 6) is 0.103. The van der Waals surface area contributed by atoms with Crippen LogP contribution in [0.4, 0.5) is 11.6 Å². The maximum Gasteiger partial charge on any atom is 0.261 e. The fourth-order valence-electron chi connectivity index (χ4n) is 3.70. The molecule has 0 aliphatic heterocycles. The van der Waals surface area contributed by atoms with Gasteiger partial charge >= 0.3 is 0 Å². The van der Waals surface area contributed by atoms with Crippen molar-refractivity contribution in [1.82, 2.24) is 30.6 Å². The number of tetrazole rings is 1. The summed E-state index contributed by atoms with van der Waals surface area (Å²) in [7, 11) is 1.49. The maximum absolute atomic E-state index is 12.6. The Balaban J connectivity index is 1.44. The summed E-state index contributed by atoms with van der Waals surface area (Å²) in [6.45, 7) is 2.18. The van der Waals surface area contributed by atoms with Crippen molar-refractivity contribution in [2.75, 3.05) is 17.7 Å². The molecule has 0 saturated heterocycles. The largest absolute Gasteiger partial charge is 0.496 e. The number of amides is 2. The van der Waals surface area contributed by atoms with Crippen molar-refractivity contribution >= 4 is 34.8 Å². The zero-order valence-corrected chi connectivity index (χ0v) is 21.5. The Morgan fingerprint density at radius 3 is 2.68 bits per heavy atom. The number of anilines is 2. The van der Waals surface area contributed by atoms with E-state index in [1.165, 1.54) is 37.7 Å². The zero-order valence-electron chi connectivity index (χ0n) is 20.7. The van der Waals surface area contributed by atoms with Crippen LogP contribution in [0.5, 0.6) is 5.75 Å². The van der Waals surface area contributed by atoms with Crippen LogP contribution >= 0.6 is 11.3 Å². The van der Waals surface area contributed by atoms with Gasteiger partial charge in [-0.3, -0.25) is 19.9 Å². The molecule has 0 atom stereocenters. The van der Waals surface area contributed by atoms with Crippen molar-refractivity contribution in [2.45, 2.75) is 45.4 Å². The third-order valence-corrected chi connectivity index (χ3v) is 6.55. The summed E-state index contributed by atoms with van der Waals surface area (Å²) in [6.07, 6.45) is 9.40. The fourth-order valence-corrected chi connectivity index (χ4v) is 4.49. The lowest BCUT2D eigenvalue weighted by Crippen LogP contribution is -2.14. The van der Waals surface area contributed by atoms with Crippen LogP contribution in [0.25, 0.3) is 21.8 Å². The van der Waals surface area contributed by atoms with Gasteiger partial charge in [0, 0.05) is 17.4 Å². The highest BCUT2D eigenvalue weighted by Crippen LogP contribution is 2.31. The minimum absolute atomic E-state index is 0.0245. The van der Waals surface area contributed by atoms with Crippen molar-refractivity contribution in [3.8, 4) is 27.6 Å². The second-order valence-electron chi connectivity index (χ2n) is 8.32. The van der Waals surface area contributed by atoms with E-state index < -0.39 is 5.91 Å². The molecular formula is C25H28N8O3S. The highest BCUT2D eigenvalue weighted by molar-refractivity contribution is 7.14. The smallest absolute Gasteiger partial charge is 0.261 e. The van der Waals surface area contributed by atoms with Crippen LogP contribution < -0.4 is 15.4 Å². The topological polar surface area (TPSA) is 148 Å². The quantitative estimate of drug-likeness (QED) is 0.222. The standard InChI is InChI=1S/C25H28N8O3S/c1-3-4-5-6-7-8-23(34)27-17-12-22(37-15-17)20-14-26-13-19(28-20)16-9-10-18(21(11-16)36-2)24(35)29-25-30-32-33-31-25/h9-15H,3-8H2,1-2H3,(H,27,34)(H2,29,30,31,32,33,35). The Morgan fingerprint density at radius 1 is 1.05 bits per heavy atom. The minimum atomic E-state index is -0.420. The first-order valence-corrected chi connectivity index (χ1v) is 12.9. The minimum Gasteiger partial charge on any atom is -0.496 e. The highest BCUT2D eigenvalue weighted by atomic mass is 32.1. The number of carbonyl (C=O) groups excluding carboxylic acids is 2. The molecule has 0 saturated carbocycles. The van der Waals surface area contributed by atoms with Gasteiger partial charge < -0.3 is 10.1 Å². The second kappa shape index (κ2) is 12.7. The van der Waals surface area contributed by atoms with Gasteiger partial charge in [0.1, 0.15) is 5.75 Å². The molecule has 3 heterocycles. The number of ether oxygens (including phenoxy) is 1. The van der Waals surface area contributed by atoms with Gasteiger partial charge in [0.25, 0.3) is 5.91 Å². The van der Waals surface area contributed by atoms with Crippen molar-refractivity contribution in [2.24, 2.45) is 0 Å². The molecule has 0 radical (unpaired) electrons. The van der Waals surface area contributed by atoms with Crippen molar-refractivity contribution in [3.05, 3.63) is 47.6 Å². The number of aromatic amines is 1. The van der Waals surface area contributed by atoms with Crippen LogP contribution in [-0.4, -0.2) is 49.5 Å². The summed E-state index contributed by atoms with van der Waals surface area (Å²) < 4.78 is 5.44. The van der Waals surface area contributed by atoms with Crippen LogP contribution in [0.3, 0.4) is 0 Å². The van der Waals surface area contributed by atoms with E-state index in [1.807, 2.05) is 11.4 Å². The monoisotopic (exact) mass is 520 g/mol. The molecule has 0 aliphatic carbocycles. The molecule has 3 aromatic heterocycles. The Hall–Kier alpha value is -4.19. The highest BCUT2D eigenvalue weighted by Gasteiger charge is 2.16. The SMILES string of the molecule is CCCCCCCC(=O)Nc1csc(-c2cncc(-c3ccc(C(=O)Nc4nnn[nH]4)c(OC)c3)n2)c1. The molecule has 0 bridgehead atoms. The Kier molecular flexibility index (Phi) is 8.87. The number of benzene rings is 1. The van der Waals surface area contributed by atoms with Crippen molar-refractivity contribution in [3.63, 3.8) is 0 Å². The van der Waals surface area contributed by atoms with Gasteiger partial charge in [-0.1, -0.05) is 43.8 Å². The molecule has 0 spiro atoms. The number of unbranched alkanes of at least 4 members (excludes halogenated alkanes) is 4. The predicted molar refractivity (Wildman–Crippen MR) is 141 cm³/mol. The molecule has 192 valence electrons. The molecule has 3 N–H and O–H groups in total. The molecule has 0 unspecified atom stereocenters. The number of aromatic nitrogens is 6. The van der Waals surface area contributed by atoms with Gasteiger partial charge in [0.05, 0.1) is 47.0 Å². The van der Waals surface area contributed by atoms with Gasteiger partial charge in [-0.2, -0.15) is 0 Å². The van der Waals surface area contributed by atoms with E-state index in [4.69, 9.17) is 9.72 Å². The molecule has 12 heteroatoms. The summed E-state index contributed by atoms with van der Waals surface area (Å²) in [4.78, 5) is 34.8. The number of nitrogens with zero attached hydrogens (tertiary/aromatic N) is 5. The van der Waals surface area contributed by atoms with Crippen LogP contribution in [0.15, 0.2) is 42.0 Å². The third-order valence-electron chi connectivity index (χ3n) is 5.60. The molecule has 2 amide bonds. The molecular weight excluding hydrogens is 492 g/mol. The second-order valence-corrected chi connectivity index (χ2v) is 9.23. The van der Waals surface area contributed by atoms with Gasteiger partial charge in [-0.05, 0) is 35.0 Å². The van der Waals surface area contributed by atoms with Gasteiger partial charge in [0.2, 0.25) is 11.9 Å². The van der Waals surface area contributed by atoms with E-state index in [-0.39, 0.29) is 11.9 Å². The predicted octanol–water partition coefficient (Wildman–Crippen LogP) is 4.95. The Bertz CT molecular complexity index is 1340. The summed E-state index contributed by atoms with van der Waals surface area (Å²) in [5.41, 5.74) is 3.10. The average Bonchev–Trinajstić information content (AvgIpc) is 3.60. The van der Waals surface area contributed by atoms with Crippen LogP contribution in [0.2, 0.25) is 0 Å². The third kappa shape index (κ3) is 6.94. The zero-order chi connectivity index (χ0) is 26.0. The first-order chi connectivity index (χ1) is 18.1. The lowest BCUT2D eigenvalue weighted by atomic mass is 10.1. The van der Waals surface area contributed by atoms with Gasteiger partial charge in [-0.25, -0.2) is 10.1 Å². The molecule has 4 rings (SSSR count). The number of nitrogens with one attached hydrogen (secondary N) is 3. The summed E-state index contributed by atoms with van der Waals surface area (Å²) >= 11 is 1.49. The number of hydrogen-bond acceptors (Lipinski definition) is 9.